The first-order chi connectivity index (χ1) is 15.2. The van der Waals surface area contributed by atoms with Gasteiger partial charge >= 0.3 is 5.97 Å². The summed E-state index contributed by atoms with van der Waals surface area (Å²) >= 11 is 4.17. The highest BCUT2D eigenvalue weighted by Crippen LogP contribution is 2.47. The van der Waals surface area contributed by atoms with E-state index in [0.29, 0.717) is 18.1 Å². The van der Waals surface area contributed by atoms with Crippen LogP contribution in [0.2, 0.25) is 0 Å². The summed E-state index contributed by atoms with van der Waals surface area (Å²) in [4.78, 5) is 10.6. The van der Waals surface area contributed by atoms with E-state index in [-0.39, 0.29) is 6.42 Å². The molecule has 1 aromatic carbocycles. The van der Waals surface area contributed by atoms with Crippen LogP contribution in [0.3, 0.4) is 0 Å². The summed E-state index contributed by atoms with van der Waals surface area (Å²) in [5, 5.41) is 8.72. The van der Waals surface area contributed by atoms with Crippen molar-refractivity contribution in [1.82, 2.24) is 0 Å². The number of allylic oxidation sites excluding steroid dienone is 2. The van der Waals surface area contributed by atoms with Gasteiger partial charge in [0.25, 0.3) is 0 Å². The molecule has 1 N–H and O–H groups in total. The first kappa shape index (κ1) is 24.7. The van der Waals surface area contributed by atoms with Gasteiger partial charge in [-0.2, -0.15) is 23.5 Å². The molecular formula is C26H38O3S2. The van der Waals surface area contributed by atoms with Crippen LogP contribution in [0.15, 0.2) is 42.5 Å². The Balaban J connectivity index is 1.22. The number of carboxylic acids is 1. The highest BCUT2D eigenvalue weighted by Gasteiger charge is 2.47. The number of unbranched alkanes of at least 4 members (excludes halogenated alkanes) is 2. The molecule has 2 saturated heterocycles. The first-order valence-corrected chi connectivity index (χ1v) is 14.3. The van der Waals surface area contributed by atoms with Crippen LogP contribution in [0, 0.1) is 11.8 Å². The predicted molar refractivity (Wildman–Crippen MR) is 134 cm³/mol. The smallest absolute Gasteiger partial charge is 0.303 e. The number of hydrogen-bond donors (Lipinski definition) is 1. The lowest BCUT2D eigenvalue weighted by Crippen LogP contribution is -2.27. The van der Waals surface area contributed by atoms with Crippen molar-refractivity contribution in [2.75, 3.05) is 17.3 Å². The molecule has 0 aromatic heterocycles. The average molecular weight is 463 g/mol. The maximum atomic E-state index is 10.6. The fraction of sp³-hybridized carbons (Fsp3) is 0.654. The second-order valence-corrected chi connectivity index (χ2v) is 11.1. The van der Waals surface area contributed by atoms with Gasteiger partial charge in [-0.1, -0.05) is 42.5 Å². The maximum absolute atomic E-state index is 10.6. The highest BCUT2D eigenvalue weighted by molar-refractivity contribution is 7.99. The van der Waals surface area contributed by atoms with Crippen molar-refractivity contribution >= 4 is 29.5 Å². The lowest BCUT2D eigenvalue weighted by molar-refractivity contribution is -0.137. The molecule has 172 valence electrons. The molecule has 0 spiro atoms. The molecule has 2 fully saturated rings. The lowest BCUT2D eigenvalue weighted by atomic mass is 9.76. The Bertz CT molecular complexity index is 664. The van der Waals surface area contributed by atoms with Crippen LogP contribution in [0.4, 0.5) is 0 Å². The molecule has 3 nitrogen and oxygen atoms in total. The van der Waals surface area contributed by atoms with Gasteiger partial charge in [0, 0.05) is 12.2 Å². The fourth-order valence-electron chi connectivity index (χ4n) is 4.83. The van der Waals surface area contributed by atoms with Gasteiger partial charge in [-0.25, -0.2) is 0 Å². The standard InChI is InChI=1S/C26H38O3S2/c27-26(28)13-7-2-1-6-12-22-23(25-15-14-24(22)29-25)16-19-30-17-8-9-18-31-20-21-10-4-3-5-11-21/h1,3-6,10-11,22-25H,2,7-9,12-20H2,(H,27,28)/b6-1-/t22-,23+,24-,25+/m1/s1. The third-order valence-corrected chi connectivity index (χ3v) is 8.68. The number of fused-ring (bicyclic) bond motifs is 2. The number of rotatable bonds is 16. The SMILES string of the molecule is O=C(O)CCC/C=C\C[C@@H]1[C@H](CCSCCCCSCc2ccccc2)[C@@H]2CC[C@H]1O2. The number of aliphatic carboxylic acids is 1. The minimum Gasteiger partial charge on any atom is -0.481 e. The Morgan fingerprint density at radius 3 is 2.48 bits per heavy atom. The summed E-state index contributed by atoms with van der Waals surface area (Å²) in [6, 6.07) is 10.8. The van der Waals surface area contributed by atoms with Crippen molar-refractivity contribution in [1.29, 1.82) is 0 Å². The molecule has 2 bridgehead atoms. The van der Waals surface area contributed by atoms with Gasteiger partial charge in [0.15, 0.2) is 0 Å². The number of benzene rings is 1. The quantitative estimate of drug-likeness (QED) is 0.216. The van der Waals surface area contributed by atoms with Crippen molar-refractivity contribution < 1.29 is 14.6 Å². The molecular weight excluding hydrogens is 424 g/mol. The van der Waals surface area contributed by atoms with Gasteiger partial charge in [0.2, 0.25) is 0 Å². The van der Waals surface area contributed by atoms with Crippen molar-refractivity contribution in [2.24, 2.45) is 11.8 Å². The van der Waals surface area contributed by atoms with Crippen LogP contribution in [-0.2, 0) is 15.3 Å². The molecule has 4 atom stereocenters. The molecule has 2 aliphatic rings. The topological polar surface area (TPSA) is 46.5 Å². The zero-order chi connectivity index (χ0) is 21.7. The minimum absolute atomic E-state index is 0.271. The Morgan fingerprint density at radius 1 is 0.968 bits per heavy atom. The zero-order valence-corrected chi connectivity index (χ0v) is 20.3. The summed E-state index contributed by atoms with van der Waals surface area (Å²) in [7, 11) is 0. The van der Waals surface area contributed by atoms with Gasteiger partial charge in [-0.15, -0.1) is 0 Å². The Kier molecular flexibility index (Phi) is 11.4. The molecule has 2 aliphatic heterocycles. The van der Waals surface area contributed by atoms with Crippen molar-refractivity contribution in [3.05, 3.63) is 48.0 Å². The van der Waals surface area contributed by atoms with E-state index in [1.807, 2.05) is 0 Å². The molecule has 0 unspecified atom stereocenters. The molecule has 0 amide bonds. The summed E-state index contributed by atoms with van der Waals surface area (Å²) in [6.45, 7) is 0. The third kappa shape index (κ3) is 8.86. The molecule has 2 heterocycles. The number of thioether (sulfide) groups is 2. The van der Waals surface area contributed by atoms with E-state index in [0.717, 1.165) is 30.9 Å². The zero-order valence-electron chi connectivity index (χ0n) is 18.6. The summed E-state index contributed by atoms with van der Waals surface area (Å²) in [5.74, 6) is 5.62. The monoisotopic (exact) mass is 462 g/mol. The number of carbonyl (C=O) groups is 1. The predicted octanol–water partition coefficient (Wildman–Crippen LogP) is 6.82. The largest absolute Gasteiger partial charge is 0.481 e. The minimum atomic E-state index is -0.696. The molecule has 0 aliphatic carbocycles. The number of hydrogen-bond acceptors (Lipinski definition) is 4. The van der Waals surface area contributed by atoms with Gasteiger partial charge in [-0.3, -0.25) is 4.79 Å². The van der Waals surface area contributed by atoms with E-state index in [1.165, 1.54) is 54.9 Å². The summed E-state index contributed by atoms with van der Waals surface area (Å²) in [6.07, 6.45) is 14.8. The maximum Gasteiger partial charge on any atom is 0.303 e. The van der Waals surface area contributed by atoms with Crippen molar-refractivity contribution in [3.63, 3.8) is 0 Å². The van der Waals surface area contributed by atoms with Crippen LogP contribution in [-0.4, -0.2) is 40.5 Å². The van der Waals surface area contributed by atoms with Gasteiger partial charge in [0.05, 0.1) is 12.2 Å². The highest BCUT2D eigenvalue weighted by atomic mass is 32.2. The summed E-state index contributed by atoms with van der Waals surface area (Å²) in [5.41, 5.74) is 1.43. The molecule has 3 rings (SSSR count). The molecule has 0 radical (unpaired) electrons. The van der Waals surface area contributed by atoms with Crippen LogP contribution < -0.4 is 0 Å². The van der Waals surface area contributed by atoms with E-state index < -0.39 is 5.97 Å². The average Bonchev–Trinajstić information content (AvgIpc) is 3.37. The second-order valence-electron chi connectivity index (χ2n) is 8.76. The molecule has 5 heteroatoms. The van der Waals surface area contributed by atoms with E-state index in [4.69, 9.17) is 9.84 Å². The van der Waals surface area contributed by atoms with Crippen LogP contribution in [0.25, 0.3) is 0 Å². The van der Waals surface area contributed by atoms with Crippen LogP contribution >= 0.6 is 23.5 Å². The summed E-state index contributed by atoms with van der Waals surface area (Å²) < 4.78 is 6.24. The number of carboxylic acid groups (broad SMARTS) is 1. The van der Waals surface area contributed by atoms with Crippen molar-refractivity contribution in [3.8, 4) is 0 Å². The van der Waals surface area contributed by atoms with Gasteiger partial charge in [0.1, 0.15) is 0 Å². The van der Waals surface area contributed by atoms with Crippen molar-refractivity contribution in [2.45, 2.75) is 75.7 Å². The number of ether oxygens (including phenoxy) is 1. The molecule has 1 aromatic rings. The van der Waals surface area contributed by atoms with Crippen LogP contribution in [0.1, 0.15) is 63.4 Å². The Labute approximate surface area is 196 Å². The van der Waals surface area contributed by atoms with E-state index >= 15 is 0 Å². The van der Waals surface area contributed by atoms with E-state index in [9.17, 15) is 4.79 Å². The Hall–Kier alpha value is -0.910. The first-order valence-electron chi connectivity index (χ1n) is 12.0. The van der Waals surface area contributed by atoms with E-state index in [1.54, 1.807) is 0 Å². The fourth-order valence-corrected chi connectivity index (χ4v) is 6.87. The normalized spacial score (nSPS) is 24.9. The molecule has 0 saturated carbocycles. The van der Waals surface area contributed by atoms with Crippen LogP contribution in [0.5, 0.6) is 0 Å². The Morgan fingerprint density at radius 2 is 1.71 bits per heavy atom. The third-order valence-electron chi connectivity index (χ3n) is 6.46. The molecule has 31 heavy (non-hydrogen) atoms. The van der Waals surface area contributed by atoms with Gasteiger partial charge < -0.3 is 9.84 Å². The lowest BCUT2D eigenvalue weighted by Gasteiger charge is -2.27. The second kappa shape index (κ2) is 14.3. The van der Waals surface area contributed by atoms with E-state index in [2.05, 4.69) is 66.0 Å². The van der Waals surface area contributed by atoms with Gasteiger partial charge in [-0.05, 0) is 86.0 Å².